The fourth-order valence-corrected chi connectivity index (χ4v) is 1.65. The van der Waals surface area contributed by atoms with Gasteiger partial charge in [-0.2, -0.15) is 0 Å². The molecule has 0 spiro atoms. The molecule has 18 heavy (non-hydrogen) atoms. The second-order valence-corrected chi connectivity index (χ2v) is 3.56. The quantitative estimate of drug-likeness (QED) is 0.432. The molecule has 3 aromatic heterocycles. The van der Waals surface area contributed by atoms with E-state index in [-0.39, 0.29) is 68.3 Å². The van der Waals surface area contributed by atoms with Crippen LogP contribution < -0.4 is 62.2 Å². The van der Waals surface area contributed by atoms with E-state index in [0.29, 0.717) is 5.65 Å². The number of tetrazole rings is 1. The van der Waals surface area contributed by atoms with Gasteiger partial charge >= 0.3 is 51.4 Å². The summed E-state index contributed by atoms with van der Waals surface area (Å²) in [5.41, 5.74) is 1.61. The smallest absolute Gasteiger partial charge is 0.330 e. The summed E-state index contributed by atoms with van der Waals surface area (Å²) in [6.07, 6.45) is 3.11. The zero-order valence-corrected chi connectivity index (χ0v) is 13.0. The first kappa shape index (κ1) is 13.5. The number of hydrogen-bond acceptors (Lipinski definition) is 5. The van der Waals surface area contributed by atoms with Gasteiger partial charge in [0, 0.05) is 12.4 Å². The van der Waals surface area contributed by atoms with Crippen molar-refractivity contribution in [2.75, 3.05) is 0 Å². The maximum Gasteiger partial charge on any atom is 1.00 e. The molecular formula is C10H7KN6O. The zero-order valence-electron chi connectivity index (χ0n) is 9.90. The van der Waals surface area contributed by atoms with Crippen molar-refractivity contribution in [3.63, 3.8) is 0 Å². The molecule has 84 valence electrons. The number of aromatic nitrogens is 6. The molecule has 0 saturated heterocycles. The third-order valence-electron chi connectivity index (χ3n) is 2.49. The first-order chi connectivity index (χ1) is 8.27. The predicted octanol–water partition coefficient (Wildman–Crippen LogP) is -3.18. The van der Waals surface area contributed by atoms with E-state index in [9.17, 15) is 4.79 Å². The van der Waals surface area contributed by atoms with Crippen LogP contribution in [-0.2, 0) is 0 Å². The minimum absolute atomic E-state index is 0. The van der Waals surface area contributed by atoms with Gasteiger partial charge in [-0.15, -0.1) is 0 Å². The molecule has 8 heteroatoms. The molecule has 0 aliphatic carbocycles. The first-order valence-electron chi connectivity index (χ1n) is 4.93. The van der Waals surface area contributed by atoms with Crippen molar-refractivity contribution in [3.05, 3.63) is 40.4 Å². The number of aryl methyl sites for hydroxylation is 1. The van der Waals surface area contributed by atoms with Crippen molar-refractivity contribution in [2.45, 2.75) is 6.92 Å². The Kier molecular flexibility index (Phi) is 4.02. The molecule has 0 fully saturated rings. The average molecular weight is 266 g/mol. The summed E-state index contributed by atoms with van der Waals surface area (Å²) < 4.78 is 1.46. The van der Waals surface area contributed by atoms with Gasteiger partial charge in [0.1, 0.15) is 5.65 Å². The first-order valence-corrected chi connectivity index (χ1v) is 4.93. The van der Waals surface area contributed by atoms with E-state index in [1.165, 1.54) is 10.6 Å². The molecule has 3 heterocycles. The minimum Gasteiger partial charge on any atom is -0.330 e. The maximum atomic E-state index is 12.2. The molecule has 7 nitrogen and oxygen atoms in total. The van der Waals surface area contributed by atoms with Crippen LogP contribution in [-0.4, -0.2) is 24.8 Å². The number of rotatable bonds is 1. The van der Waals surface area contributed by atoms with Crippen LogP contribution in [0.25, 0.3) is 17.0 Å². The molecule has 0 aromatic carbocycles. The summed E-state index contributed by atoms with van der Waals surface area (Å²) in [7, 11) is 0. The largest absolute Gasteiger partial charge is 1.00 e. The van der Waals surface area contributed by atoms with Gasteiger partial charge in [0.15, 0.2) is 0 Å². The SMILES string of the molecule is Cc1cccn2c(=O)c(-c3nn[n-]n3)cnc12.[K+]. The minimum atomic E-state index is -0.228. The zero-order chi connectivity index (χ0) is 11.8. The fourth-order valence-electron chi connectivity index (χ4n) is 1.65. The third kappa shape index (κ3) is 2.17. The average Bonchev–Trinajstić information content (AvgIpc) is 2.84. The van der Waals surface area contributed by atoms with Gasteiger partial charge in [0.25, 0.3) is 5.56 Å². The van der Waals surface area contributed by atoms with Gasteiger partial charge < -0.3 is 5.10 Å². The van der Waals surface area contributed by atoms with Crippen molar-refractivity contribution in [3.8, 4) is 11.4 Å². The summed E-state index contributed by atoms with van der Waals surface area (Å²) in [6, 6.07) is 3.68. The van der Waals surface area contributed by atoms with Crippen molar-refractivity contribution >= 4 is 5.65 Å². The Labute approximate surface area is 144 Å². The van der Waals surface area contributed by atoms with Gasteiger partial charge in [-0.1, -0.05) is 6.07 Å². The van der Waals surface area contributed by atoms with Crippen LogP contribution >= 0.6 is 0 Å². The van der Waals surface area contributed by atoms with Crippen LogP contribution in [0.1, 0.15) is 5.56 Å². The molecule has 0 unspecified atom stereocenters. The Morgan fingerprint density at radius 2 is 2.22 bits per heavy atom. The van der Waals surface area contributed by atoms with E-state index < -0.39 is 0 Å². The summed E-state index contributed by atoms with van der Waals surface area (Å²) in [5, 5.41) is 14.0. The Hall–Kier alpha value is -0.934. The monoisotopic (exact) mass is 266 g/mol. The molecule has 3 aromatic rings. The van der Waals surface area contributed by atoms with Crippen LogP contribution in [0.5, 0.6) is 0 Å². The number of hydrogen-bond donors (Lipinski definition) is 0. The van der Waals surface area contributed by atoms with E-state index in [4.69, 9.17) is 0 Å². The Morgan fingerprint density at radius 1 is 1.39 bits per heavy atom. The second-order valence-electron chi connectivity index (χ2n) is 3.56. The molecule has 3 rings (SSSR count). The van der Waals surface area contributed by atoms with Crippen LogP contribution in [0, 0.1) is 6.92 Å². The maximum absolute atomic E-state index is 12.2. The molecule has 0 N–H and O–H groups in total. The van der Waals surface area contributed by atoms with E-state index >= 15 is 0 Å². The normalized spacial score (nSPS) is 10.3. The van der Waals surface area contributed by atoms with Crippen molar-refractivity contribution in [1.29, 1.82) is 0 Å². The predicted molar refractivity (Wildman–Crippen MR) is 58.3 cm³/mol. The molecule has 0 saturated carbocycles. The van der Waals surface area contributed by atoms with Crippen molar-refractivity contribution < 1.29 is 51.4 Å². The summed E-state index contributed by atoms with van der Waals surface area (Å²) in [4.78, 5) is 16.4. The summed E-state index contributed by atoms with van der Waals surface area (Å²) in [5.74, 6) is 0.193. The van der Waals surface area contributed by atoms with Gasteiger partial charge in [0.05, 0.1) is 11.4 Å². The fraction of sp³-hybridized carbons (Fsp3) is 0.100. The van der Waals surface area contributed by atoms with E-state index in [2.05, 4.69) is 25.6 Å². The Bertz CT molecular complexity index is 736. The molecule has 0 bridgehead atoms. The van der Waals surface area contributed by atoms with E-state index in [0.717, 1.165) is 5.56 Å². The van der Waals surface area contributed by atoms with E-state index in [1.807, 2.05) is 13.0 Å². The molecular weight excluding hydrogens is 259 g/mol. The van der Waals surface area contributed by atoms with Gasteiger partial charge in [-0.3, -0.25) is 19.6 Å². The van der Waals surface area contributed by atoms with Gasteiger partial charge in [-0.25, -0.2) is 10.1 Å². The molecule has 0 atom stereocenters. The van der Waals surface area contributed by atoms with Crippen LogP contribution in [0.15, 0.2) is 29.3 Å². The molecule has 0 aliphatic rings. The van der Waals surface area contributed by atoms with Gasteiger partial charge in [0.2, 0.25) is 0 Å². The van der Waals surface area contributed by atoms with Crippen LogP contribution in [0.4, 0.5) is 0 Å². The number of fused-ring (bicyclic) bond motifs is 1. The van der Waals surface area contributed by atoms with Gasteiger partial charge in [-0.05, 0) is 18.6 Å². The Balaban J connectivity index is 0.00000120. The van der Waals surface area contributed by atoms with Crippen molar-refractivity contribution in [1.82, 2.24) is 30.0 Å². The standard InChI is InChI=1S/C10H7N6O.K/c1-6-3-2-4-16-9(6)11-5-7(10(16)17)8-12-14-15-13-8;/h2-5H,1H3;/q-1;+1. The Morgan fingerprint density at radius 3 is 2.94 bits per heavy atom. The van der Waals surface area contributed by atoms with Crippen LogP contribution in [0.3, 0.4) is 0 Å². The van der Waals surface area contributed by atoms with Crippen molar-refractivity contribution in [2.24, 2.45) is 0 Å². The summed E-state index contributed by atoms with van der Waals surface area (Å²) in [6.45, 7) is 1.89. The molecule has 0 radical (unpaired) electrons. The molecule has 0 aliphatic heterocycles. The number of pyridine rings is 1. The topological polar surface area (TPSA) is 87.1 Å². The third-order valence-corrected chi connectivity index (χ3v) is 2.49. The van der Waals surface area contributed by atoms with E-state index in [1.54, 1.807) is 12.3 Å². The summed E-state index contributed by atoms with van der Waals surface area (Å²) >= 11 is 0. The number of nitrogens with zero attached hydrogens (tertiary/aromatic N) is 6. The van der Waals surface area contributed by atoms with Crippen LogP contribution in [0.2, 0.25) is 0 Å². The second kappa shape index (κ2) is 5.37. The molecule has 0 amide bonds.